The van der Waals surface area contributed by atoms with E-state index >= 15 is 0 Å². The standard InChI is InChI=1S/C7H10N2O/c1-5(8)7(10)6-2-3-9-4-6/h2-5,9H,8H2,1H3/t5-/m0/s1. The zero-order valence-electron chi connectivity index (χ0n) is 5.79. The lowest BCUT2D eigenvalue weighted by molar-refractivity contribution is 0.0968. The highest BCUT2D eigenvalue weighted by atomic mass is 16.1. The largest absolute Gasteiger partial charge is 0.367 e. The summed E-state index contributed by atoms with van der Waals surface area (Å²) < 4.78 is 0. The third-order valence-electron chi connectivity index (χ3n) is 1.30. The van der Waals surface area contributed by atoms with Crippen molar-refractivity contribution in [3.05, 3.63) is 24.0 Å². The van der Waals surface area contributed by atoms with E-state index in [1.54, 1.807) is 25.4 Å². The van der Waals surface area contributed by atoms with E-state index in [0.717, 1.165) is 0 Å². The van der Waals surface area contributed by atoms with E-state index in [1.807, 2.05) is 0 Å². The second-order valence-electron chi connectivity index (χ2n) is 2.25. The molecule has 1 heterocycles. The lowest BCUT2D eigenvalue weighted by atomic mass is 10.1. The van der Waals surface area contributed by atoms with Gasteiger partial charge >= 0.3 is 0 Å². The minimum absolute atomic E-state index is 0.0266. The second kappa shape index (κ2) is 2.66. The Kier molecular flexibility index (Phi) is 1.87. The molecule has 3 N–H and O–H groups in total. The van der Waals surface area contributed by atoms with Gasteiger partial charge in [0, 0.05) is 18.0 Å². The summed E-state index contributed by atoms with van der Waals surface area (Å²) in [5.74, 6) is -0.0266. The Balaban J connectivity index is 2.78. The molecule has 0 saturated carbocycles. The number of hydrogen-bond acceptors (Lipinski definition) is 2. The fourth-order valence-electron chi connectivity index (χ4n) is 0.740. The van der Waals surface area contributed by atoms with Gasteiger partial charge < -0.3 is 10.7 Å². The Morgan fingerprint density at radius 2 is 2.50 bits per heavy atom. The van der Waals surface area contributed by atoms with Crippen molar-refractivity contribution in [3.8, 4) is 0 Å². The summed E-state index contributed by atoms with van der Waals surface area (Å²) in [7, 11) is 0. The highest BCUT2D eigenvalue weighted by Gasteiger charge is 2.09. The number of nitrogens with two attached hydrogens (primary N) is 1. The van der Waals surface area contributed by atoms with E-state index in [0.29, 0.717) is 5.56 Å². The lowest BCUT2D eigenvalue weighted by Gasteiger charge is -1.98. The summed E-state index contributed by atoms with van der Waals surface area (Å²) in [5, 5.41) is 0. The van der Waals surface area contributed by atoms with E-state index < -0.39 is 6.04 Å². The van der Waals surface area contributed by atoms with Gasteiger partial charge in [0.15, 0.2) is 5.78 Å². The van der Waals surface area contributed by atoms with Crippen LogP contribution in [0.25, 0.3) is 0 Å². The average molecular weight is 138 g/mol. The smallest absolute Gasteiger partial charge is 0.180 e. The van der Waals surface area contributed by atoms with Crippen molar-refractivity contribution in [2.24, 2.45) is 5.73 Å². The van der Waals surface area contributed by atoms with Crippen LogP contribution in [0, 0.1) is 0 Å². The van der Waals surface area contributed by atoms with Crippen LogP contribution in [-0.4, -0.2) is 16.8 Å². The SMILES string of the molecule is C[C@H](N)C(=O)c1cc[nH]c1. The molecule has 0 unspecified atom stereocenters. The zero-order chi connectivity index (χ0) is 7.56. The van der Waals surface area contributed by atoms with E-state index in [2.05, 4.69) is 4.98 Å². The fourth-order valence-corrected chi connectivity index (χ4v) is 0.740. The fraction of sp³-hybridized carbons (Fsp3) is 0.286. The van der Waals surface area contributed by atoms with Crippen LogP contribution in [-0.2, 0) is 0 Å². The highest BCUT2D eigenvalue weighted by molar-refractivity contribution is 5.99. The predicted octanol–water partition coefficient (Wildman–Crippen LogP) is 0.545. The number of hydrogen-bond donors (Lipinski definition) is 2. The number of aromatic amines is 1. The van der Waals surface area contributed by atoms with Crippen molar-refractivity contribution < 1.29 is 4.79 Å². The van der Waals surface area contributed by atoms with Crippen LogP contribution in [0.4, 0.5) is 0 Å². The summed E-state index contributed by atoms with van der Waals surface area (Å²) >= 11 is 0. The van der Waals surface area contributed by atoms with Gasteiger partial charge in [0.25, 0.3) is 0 Å². The van der Waals surface area contributed by atoms with Crippen LogP contribution in [0.5, 0.6) is 0 Å². The monoisotopic (exact) mass is 138 g/mol. The number of H-pyrrole nitrogens is 1. The number of carbonyl (C=O) groups excluding carboxylic acids is 1. The maximum absolute atomic E-state index is 11.1. The first-order chi connectivity index (χ1) is 4.72. The Morgan fingerprint density at radius 3 is 2.90 bits per heavy atom. The zero-order valence-corrected chi connectivity index (χ0v) is 5.79. The predicted molar refractivity (Wildman–Crippen MR) is 38.8 cm³/mol. The lowest BCUT2D eigenvalue weighted by Crippen LogP contribution is -2.26. The maximum atomic E-state index is 11.1. The number of rotatable bonds is 2. The van der Waals surface area contributed by atoms with Crippen LogP contribution < -0.4 is 5.73 Å². The molecule has 0 bridgehead atoms. The van der Waals surface area contributed by atoms with Crippen LogP contribution in [0.1, 0.15) is 17.3 Å². The molecule has 0 saturated heterocycles. The molecule has 0 radical (unpaired) electrons. The molecule has 1 rings (SSSR count). The first kappa shape index (κ1) is 7.02. The molecule has 1 aromatic rings. The van der Waals surface area contributed by atoms with Gasteiger partial charge in [0.05, 0.1) is 6.04 Å². The van der Waals surface area contributed by atoms with Crippen LogP contribution in [0.2, 0.25) is 0 Å². The van der Waals surface area contributed by atoms with Gasteiger partial charge in [-0.05, 0) is 13.0 Å². The highest BCUT2D eigenvalue weighted by Crippen LogP contribution is 1.99. The van der Waals surface area contributed by atoms with E-state index in [9.17, 15) is 4.79 Å². The number of carbonyl (C=O) groups is 1. The minimum Gasteiger partial charge on any atom is -0.367 e. The van der Waals surface area contributed by atoms with Crippen molar-refractivity contribution in [1.82, 2.24) is 4.98 Å². The van der Waals surface area contributed by atoms with Gasteiger partial charge in [0.1, 0.15) is 0 Å². The second-order valence-corrected chi connectivity index (χ2v) is 2.25. The summed E-state index contributed by atoms with van der Waals surface area (Å²) in [5.41, 5.74) is 6.01. The molecular formula is C7H10N2O. The third-order valence-corrected chi connectivity index (χ3v) is 1.30. The topological polar surface area (TPSA) is 58.9 Å². The summed E-state index contributed by atoms with van der Waals surface area (Å²) in [6.45, 7) is 1.68. The molecule has 0 aromatic carbocycles. The number of aromatic nitrogens is 1. The minimum atomic E-state index is -0.407. The molecule has 0 aliphatic heterocycles. The van der Waals surface area contributed by atoms with Crippen LogP contribution >= 0.6 is 0 Å². The van der Waals surface area contributed by atoms with Gasteiger partial charge in [-0.2, -0.15) is 0 Å². The van der Waals surface area contributed by atoms with Crippen molar-refractivity contribution in [1.29, 1.82) is 0 Å². The Morgan fingerprint density at radius 1 is 1.80 bits per heavy atom. The molecule has 1 aromatic heterocycles. The summed E-state index contributed by atoms with van der Waals surface area (Å²) in [6, 6.07) is 1.31. The molecule has 0 amide bonds. The molecule has 3 nitrogen and oxygen atoms in total. The maximum Gasteiger partial charge on any atom is 0.180 e. The van der Waals surface area contributed by atoms with Crippen LogP contribution in [0.3, 0.4) is 0 Å². The van der Waals surface area contributed by atoms with Gasteiger partial charge in [-0.15, -0.1) is 0 Å². The molecule has 1 atom stereocenters. The van der Waals surface area contributed by atoms with E-state index in [-0.39, 0.29) is 5.78 Å². The van der Waals surface area contributed by atoms with Crippen molar-refractivity contribution in [3.63, 3.8) is 0 Å². The van der Waals surface area contributed by atoms with Gasteiger partial charge in [-0.25, -0.2) is 0 Å². The molecule has 0 fully saturated rings. The Hall–Kier alpha value is -1.09. The Labute approximate surface area is 59.2 Å². The molecule has 3 heteroatoms. The first-order valence-electron chi connectivity index (χ1n) is 3.14. The number of ketones is 1. The Bertz CT molecular complexity index is 214. The van der Waals surface area contributed by atoms with E-state index in [4.69, 9.17) is 5.73 Å². The average Bonchev–Trinajstić information content (AvgIpc) is 2.36. The number of nitrogens with one attached hydrogen (secondary N) is 1. The summed E-state index contributed by atoms with van der Waals surface area (Å²) in [6.07, 6.45) is 3.35. The van der Waals surface area contributed by atoms with Crippen LogP contribution in [0.15, 0.2) is 18.5 Å². The quantitative estimate of drug-likeness (QED) is 0.586. The molecule has 0 spiro atoms. The van der Waals surface area contributed by atoms with Gasteiger partial charge in [0.2, 0.25) is 0 Å². The normalized spacial score (nSPS) is 13.0. The van der Waals surface area contributed by atoms with Crippen molar-refractivity contribution >= 4 is 5.78 Å². The van der Waals surface area contributed by atoms with E-state index in [1.165, 1.54) is 0 Å². The molecule has 54 valence electrons. The van der Waals surface area contributed by atoms with Gasteiger partial charge in [-0.1, -0.05) is 0 Å². The van der Waals surface area contributed by atoms with Crippen molar-refractivity contribution in [2.75, 3.05) is 0 Å². The summed E-state index contributed by atoms with van der Waals surface area (Å²) in [4.78, 5) is 13.8. The first-order valence-corrected chi connectivity index (χ1v) is 3.14. The molecule has 0 aliphatic rings. The third kappa shape index (κ3) is 1.25. The molecule has 0 aliphatic carbocycles. The molecular weight excluding hydrogens is 128 g/mol. The molecule has 10 heavy (non-hydrogen) atoms. The van der Waals surface area contributed by atoms with Gasteiger partial charge in [-0.3, -0.25) is 4.79 Å². The van der Waals surface area contributed by atoms with Crippen molar-refractivity contribution in [2.45, 2.75) is 13.0 Å². The number of Topliss-reactive ketones (excluding diaryl/α,β-unsaturated/α-hetero) is 1.